The van der Waals surface area contributed by atoms with E-state index in [2.05, 4.69) is 13.8 Å². The molecule has 19 heteroatoms. The predicted molar refractivity (Wildman–Crippen MR) is 190 cm³/mol. The lowest BCUT2D eigenvalue weighted by Gasteiger charge is -2.73. The average molecular weight is 827 g/mol. The van der Waals surface area contributed by atoms with Gasteiger partial charge in [-0.15, -0.1) is 0 Å². The molecule has 5 fully saturated rings. The normalized spacial score (nSPS) is 51.5. The number of esters is 1. The van der Waals surface area contributed by atoms with Crippen LogP contribution in [0.1, 0.15) is 92.9 Å². The number of hydrogen-bond acceptors (Lipinski definition) is 15. The first kappa shape index (κ1) is 43.3. The van der Waals surface area contributed by atoms with Crippen LogP contribution in [0.15, 0.2) is 11.6 Å². The monoisotopic (exact) mass is 826 g/mol. The van der Waals surface area contributed by atoms with Crippen LogP contribution in [-0.4, -0.2) is 124 Å². The predicted octanol–water partition coefficient (Wildman–Crippen LogP) is 1.06. The van der Waals surface area contributed by atoms with Gasteiger partial charge in [-0.1, -0.05) is 47.6 Å². The van der Waals surface area contributed by atoms with Gasteiger partial charge in [0.1, 0.15) is 41.5 Å². The molecule has 0 aromatic carbocycles. The van der Waals surface area contributed by atoms with E-state index in [1.165, 1.54) is 6.92 Å². The lowest BCUT2D eigenvalue weighted by Crippen LogP contribution is -2.72. The molecule has 17 nitrogen and oxygen atoms in total. The van der Waals surface area contributed by atoms with Crippen LogP contribution in [0.3, 0.4) is 0 Å². The van der Waals surface area contributed by atoms with E-state index in [4.69, 9.17) is 17.8 Å². The van der Waals surface area contributed by atoms with Crippen molar-refractivity contribution in [2.24, 2.45) is 50.7 Å². The molecule has 0 radical (unpaired) electrons. The number of carbonyl (C=O) groups excluding carboxylic acids is 1. The first-order chi connectivity index (χ1) is 25.2. The number of rotatable bonds is 8. The molecular weight excluding hydrogens is 769 g/mol. The zero-order chi connectivity index (χ0) is 41.1. The molecule has 0 aromatic rings. The molecule has 1 aliphatic heterocycles. The quantitative estimate of drug-likeness (QED) is 0.0965. The van der Waals surface area contributed by atoms with Gasteiger partial charge in [-0.25, -0.2) is 8.37 Å². The number of aliphatic hydroxyl groups excluding tert-OH is 5. The van der Waals surface area contributed by atoms with E-state index in [0.29, 0.717) is 37.7 Å². The summed E-state index contributed by atoms with van der Waals surface area (Å²) in [6, 6.07) is 0. The van der Waals surface area contributed by atoms with Gasteiger partial charge in [0.25, 0.3) is 0 Å². The fraction of sp³-hybridized carbons (Fsp3) is 0.917. The van der Waals surface area contributed by atoms with Crippen molar-refractivity contribution < 1.29 is 79.2 Å². The molecule has 0 aromatic heterocycles. The standard InChI is InChI=1S/C36H58O17S2/c1-18-9-12-35(30(42)52-29-27(41)26(40)25(39)21(16-37)51-29)14-13-34(6)24(36(35,43)19(18)2)8-7-23-31(3)15-20(38)28(53-55(47,48)49)32(4,17-50-54(44,45)46)22(31)10-11-33(23,34)5/h8,18-23,25-29,37-41,43H,7,9-17H2,1-6H3,(H,44,45,46)(H,47,48,49)/t18-,19+,20-,21-,22-,23-,25-,26+,27-,28+,29+,31+,32+,33-,34-,35-,36-/m1/s1. The Labute approximate surface area is 322 Å². The molecule has 1 saturated heterocycles. The second-order valence-electron chi connectivity index (χ2n) is 18.4. The average Bonchev–Trinajstić information content (AvgIpc) is 3.08. The van der Waals surface area contributed by atoms with Gasteiger partial charge < -0.3 is 40.1 Å². The van der Waals surface area contributed by atoms with Crippen molar-refractivity contribution in [1.82, 2.24) is 0 Å². The van der Waals surface area contributed by atoms with Crippen LogP contribution in [0.4, 0.5) is 0 Å². The summed E-state index contributed by atoms with van der Waals surface area (Å²) in [5.74, 6) is -2.14. The van der Waals surface area contributed by atoms with Gasteiger partial charge in [-0.3, -0.25) is 13.9 Å². The highest BCUT2D eigenvalue weighted by atomic mass is 32.3. The third-order valence-electron chi connectivity index (χ3n) is 16.1. The zero-order valence-corrected chi connectivity index (χ0v) is 33.7. The van der Waals surface area contributed by atoms with Crippen LogP contribution in [0, 0.1) is 50.7 Å². The van der Waals surface area contributed by atoms with Gasteiger partial charge >= 0.3 is 26.8 Å². The van der Waals surface area contributed by atoms with Crippen LogP contribution >= 0.6 is 0 Å². The fourth-order valence-electron chi connectivity index (χ4n) is 12.9. The lowest BCUT2D eigenvalue weighted by molar-refractivity contribution is -0.302. The first-order valence-corrected chi connectivity index (χ1v) is 21.8. The minimum Gasteiger partial charge on any atom is -0.432 e. The Bertz CT molecular complexity index is 1770. The molecule has 6 rings (SSSR count). The first-order valence-electron chi connectivity index (χ1n) is 19.1. The van der Waals surface area contributed by atoms with Crippen molar-refractivity contribution in [2.75, 3.05) is 13.2 Å². The van der Waals surface area contributed by atoms with Crippen LogP contribution in [0.25, 0.3) is 0 Å². The van der Waals surface area contributed by atoms with Crippen LogP contribution in [0.2, 0.25) is 0 Å². The number of aliphatic hydroxyl groups is 6. The minimum atomic E-state index is -5.12. The molecular formula is C36H58O17S2. The maximum Gasteiger partial charge on any atom is 0.397 e. The highest BCUT2D eigenvalue weighted by molar-refractivity contribution is 7.81. The van der Waals surface area contributed by atoms with E-state index in [9.17, 15) is 61.4 Å². The number of allylic oxidation sites excluding steroid dienone is 1. The highest BCUT2D eigenvalue weighted by Crippen LogP contribution is 2.76. The second kappa shape index (κ2) is 13.9. The Morgan fingerprint density at radius 1 is 0.891 bits per heavy atom. The Morgan fingerprint density at radius 2 is 1.55 bits per heavy atom. The van der Waals surface area contributed by atoms with Gasteiger partial charge in [0.15, 0.2) is 0 Å². The van der Waals surface area contributed by atoms with E-state index in [1.54, 1.807) is 0 Å². The van der Waals surface area contributed by atoms with Crippen LogP contribution < -0.4 is 0 Å². The van der Waals surface area contributed by atoms with Crippen molar-refractivity contribution in [1.29, 1.82) is 0 Å². The molecule has 8 N–H and O–H groups in total. The summed E-state index contributed by atoms with van der Waals surface area (Å²) in [6.07, 6.45) is -6.90. The molecule has 5 aliphatic carbocycles. The van der Waals surface area contributed by atoms with Crippen molar-refractivity contribution in [2.45, 2.75) is 141 Å². The Kier molecular flexibility index (Phi) is 10.9. The molecule has 17 atom stereocenters. The minimum absolute atomic E-state index is 0.00585. The van der Waals surface area contributed by atoms with Crippen molar-refractivity contribution in [3.8, 4) is 0 Å². The zero-order valence-electron chi connectivity index (χ0n) is 32.1. The van der Waals surface area contributed by atoms with Crippen molar-refractivity contribution >= 4 is 26.8 Å². The smallest absolute Gasteiger partial charge is 0.397 e. The third kappa shape index (κ3) is 6.37. The van der Waals surface area contributed by atoms with Crippen molar-refractivity contribution in [3.05, 3.63) is 11.6 Å². The largest absolute Gasteiger partial charge is 0.432 e. The van der Waals surface area contributed by atoms with Gasteiger partial charge in [-0.2, -0.15) is 16.8 Å². The highest BCUT2D eigenvalue weighted by Gasteiger charge is 2.75. The van der Waals surface area contributed by atoms with E-state index >= 15 is 0 Å². The molecule has 6 aliphatic rings. The van der Waals surface area contributed by atoms with Gasteiger partial charge in [0.2, 0.25) is 6.29 Å². The summed E-state index contributed by atoms with van der Waals surface area (Å²) in [4.78, 5) is 14.6. The molecule has 1 heterocycles. The number of carbonyl (C=O) groups is 1. The summed E-state index contributed by atoms with van der Waals surface area (Å²) >= 11 is 0. The summed E-state index contributed by atoms with van der Waals surface area (Å²) in [5.41, 5.74) is -6.35. The second-order valence-corrected chi connectivity index (χ2v) is 20.6. The summed E-state index contributed by atoms with van der Waals surface area (Å²) in [6.45, 7) is 10.1. The Hall–Kier alpha value is -1.33. The maximum atomic E-state index is 14.6. The SMILES string of the molecule is C[C@@H]1CC[C@]2(C(=O)O[C@@H]3O[C@H](CO)[C@@H](O)[C@H](O)[C@H]3O)CC[C@]3(C)C(=CC[C@@H]4[C@@]5(C)C[C@@H](O)[C@H](OS(=O)(=O)O)[C@@](C)(COS(=O)(=O)O)[C@@H]5CC[C@]43C)[C@]2(O)[C@H]1C. The molecule has 4 saturated carbocycles. The molecule has 0 spiro atoms. The summed E-state index contributed by atoms with van der Waals surface area (Å²) < 4.78 is 88.0. The molecule has 55 heavy (non-hydrogen) atoms. The number of ether oxygens (including phenoxy) is 2. The molecule has 0 unspecified atom stereocenters. The number of hydrogen-bond donors (Lipinski definition) is 8. The van der Waals surface area contributed by atoms with E-state index in [1.807, 2.05) is 26.8 Å². The Balaban J connectivity index is 1.41. The van der Waals surface area contributed by atoms with Gasteiger partial charge in [0, 0.05) is 5.41 Å². The van der Waals surface area contributed by atoms with Crippen LogP contribution in [-0.2, 0) is 43.4 Å². The topological polar surface area (TPSA) is 284 Å². The maximum absolute atomic E-state index is 14.6. The third-order valence-corrected chi connectivity index (χ3v) is 17.0. The van der Waals surface area contributed by atoms with E-state index in [-0.39, 0.29) is 31.1 Å². The molecule has 0 bridgehead atoms. The van der Waals surface area contributed by atoms with Crippen molar-refractivity contribution in [3.63, 3.8) is 0 Å². The lowest BCUT2D eigenvalue weighted by atomic mass is 9.32. The summed E-state index contributed by atoms with van der Waals surface area (Å²) in [7, 11) is -10.1. The van der Waals surface area contributed by atoms with Gasteiger partial charge in [-0.05, 0) is 96.9 Å². The van der Waals surface area contributed by atoms with Crippen LogP contribution in [0.5, 0.6) is 0 Å². The summed E-state index contributed by atoms with van der Waals surface area (Å²) in [5, 5.41) is 66.2. The Morgan fingerprint density at radius 3 is 2.15 bits per heavy atom. The number of fused-ring (bicyclic) bond motifs is 7. The van der Waals surface area contributed by atoms with Gasteiger partial charge in [0.05, 0.1) is 19.3 Å². The van der Waals surface area contributed by atoms with E-state index in [0.717, 1.165) is 0 Å². The molecule has 316 valence electrons. The van der Waals surface area contributed by atoms with E-state index < -0.39 is 127 Å². The molecule has 0 amide bonds. The fourth-order valence-corrected chi connectivity index (χ4v) is 13.9.